The lowest BCUT2D eigenvalue weighted by atomic mass is 10.4. The molecular weight excluding hydrogens is 149 g/mol. The van der Waals surface area contributed by atoms with Crippen LogP contribution in [0.2, 0.25) is 0 Å². The molecule has 0 aromatic heterocycles. The van der Waals surface area contributed by atoms with Gasteiger partial charge in [-0.2, -0.15) is 0 Å². The zero-order chi connectivity index (χ0) is 6.57. The van der Waals surface area contributed by atoms with E-state index in [0.29, 0.717) is 0 Å². The Morgan fingerprint density at radius 3 is 2.38 bits per heavy atom. The summed E-state index contributed by atoms with van der Waals surface area (Å²) < 4.78 is 0. The van der Waals surface area contributed by atoms with Crippen LogP contribution in [0, 0.1) is 0 Å². The predicted molar refractivity (Wildman–Crippen MR) is 33.6 cm³/mol. The van der Waals surface area contributed by atoms with Crippen LogP contribution < -0.4 is 5.73 Å². The van der Waals surface area contributed by atoms with Crippen LogP contribution >= 0.6 is 23.2 Å². The Hall–Kier alpha value is -0.210. The lowest BCUT2D eigenvalue weighted by Gasteiger charge is -1.87. The summed E-state index contributed by atoms with van der Waals surface area (Å²) in [6, 6.07) is 0. The van der Waals surface area contributed by atoms with E-state index in [1.807, 2.05) is 0 Å². The van der Waals surface area contributed by atoms with Crippen molar-refractivity contribution < 1.29 is 4.79 Å². The van der Waals surface area contributed by atoms with Crippen LogP contribution in [0.3, 0.4) is 0 Å². The number of primary amides is 1. The Kier molecular flexibility index (Phi) is 3.65. The fourth-order valence-electron chi connectivity index (χ4n) is 0.205. The minimum atomic E-state index is -0.480. The van der Waals surface area contributed by atoms with Gasteiger partial charge < -0.3 is 5.73 Å². The first-order valence-corrected chi connectivity index (χ1v) is 2.71. The van der Waals surface area contributed by atoms with Crippen LogP contribution in [0.25, 0.3) is 0 Å². The predicted octanol–water partition coefficient (Wildman–Crippen LogP) is 1.18. The van der Waals surface area contributed by atoms with Crippen molar-refractivity contribution in [3.8, 4) is 0 Å². The maximum atomic E-state index is 10.0. The van der Waals surface area contributed by atoms with E-state index in [9.17, 15) is 4.79 Å². The van der Waals surface area contributed by atoms with E-state index in [1.165, 1.54) is 0 Å². The third-order valence-corrected chi connectivity index (χ3v) is 1.08. The molecule has 0 atom stereocenters. The number of rotatable bonds is 2. The van der Waals surface area contributed by atoms with Crippen molar-refractivity contribution in [3.05, 3.63) is 10.6 Å². The number of carbonyl (C=O) groups is 1. The van der Waals surface area contributed by atoms with Gasteiger partial charge in [0, 0.05) is 10.6 Å². The lowest BCUT2D eigenvalue weighted by Crippen LogP contribution is -2.09. The van der Waals surface area contributed by atoms with E-state index >= 15 is 0 Å². The van der Waals surface area contributed by atoms with Gasteiger partial charge in [0.25, 0.3) is 0 Å². The number of halogens is 2. The Labute approximate surface area is 57.3 Å². The standard InChI is InChI=1S/C4H5Cl2NO/c5-2-3(6)1-4(7)8/h2H,1H2,(H2,7,8)/b3-2-. The number of nitrogens with two attached hydrogens (primary N) is 1. The van der Waals surface area contributed by atoms with E-state index in [4.69, 9.17) is 28.9 Å². The van der Waals surface area contributed by atoms with Crippen LogP contribution in [-0.2, 0) is 4.79 Å². The second-order valence-electron chi connectivity index (χ2n) is 1.20. The highest BCUT2D eigenvalue weighted by molar-refractivity contribution is 6.37. The summed E-state index contributed by atoms with van der Waals surface area (Å²) in [7, 11) is 0. The minimum Gasteiger partial charge on any atom is -0.369 e. The van der Waals surface area contributed by atoms with Gasteiger partial charge >= 0.3 is 0 Å². The van der Waals surface area contributed by atoms with Crippen molar-refractivity contribution in [2.24, 2.45) is 5.73 Å². The third-order valence-electron chi connectivity index (χ3n) is 0.461. The molecule has 0 saturated heterocycles. The van der Waals surface area contributed by atoms with E-state index in [0.717, 1.165) is 5.54 Å². The van der Waals surface area contributed by atoms with Crippen LogP contribution in [0.4, 0.5) is 0 Å². The molecule has 0 aromatic rings. The normalized spacial score (nSPS) is 11.5. The molecule has 8 heavy (non-hydrogen) atoms. The second-order valence-corrected chi connectivity index (χ2v) is 1.90. The Morgan fingerprint density at radius 1 is 1.75 bits per heavy atom. The highest BCUT2D eigenvalue weighted by Crippen LogP contribution is 2.06. The van der Waals surface area contributed by atoms with Crippen molar-refractivity contribution in [3.63, 3.8) is 0 Å². The zero-order valence-corrected chi connectivity index (χ0v) is 5.54. The molecule has 0 aromatic carbocycles. The SMILES string of the molecule is NC(=O)C/C(Cl)=C/Cl. The topological polar surface area (TPSA) is 43.1 Å². The van der Waals surface area contributed by atoms with Crippen molar-refractivity contribution in [2.45, 2.75) is 6.42 Å². The summed E-state index contributed by atoms with van der Waals surface area (Å²) in [5, 5.41) is 0.263. The molecular formula is C4H5Cl2NO. The molecule has 0 rings (SSSR count). The Balaban J connectivity index is 3.56. The fraction of sp³-hybridized carbons (Fsp3) is 0.250. The molecule has 0 bridgehead atoms. The summed E-state index contributed by atoms with van der Waals surface area (Å²) >= 11 is 10.4. The van der Waals surface area contributed by atoms with Gasteiger partial charge in [-0.1, -0.05) is 23.2 Å². The largest absolute Gasteiger partial charge is 0.369 e. The first-order chi connectivity index (χ1) is 3.66. The number of carbonyl (C=O) groups excluding carboxylic acids is 1. The van der Waals surface area contributed by atoms with E-state index in [-0.39, 0.29) is 11.5 Å². The second kappa shape index (κ2) is 3.75. The van der Waals surface area contributed by atoms with Crippen molar-refractivity contribution in [1.29, 1.82) is 0 Å². The van der Waals surface area contributed by atoms with Crippen molar-refractivity contribution in [1.82, 2.24) is 0 Å². The molecule has 0 unspecified atom stereocenters. The summed E-state index contributed by atoms with van der Waals surface area (Å²) in [6.07, 6.45) is 0.0189. The average molecular weight is 154 g/mol. The molecule has 0 saturated carbocycles. The summed E-state index contributed by atoms with van der Waals surface area (Å²) in [6.45, 7) is 0. The van der Waals surface area contributed by atoms with Gasteiger partial charge in [-0.25, -0.2) is 0 Å². The maximum absolute atomic E-state index is 10.0. The monoisotopic (exact) mass is 153 g/mol. The Bertz CT molecular complexity index is 121. The number of amides is 1. The van der Waals surface area contributed by atoms with Crippen LogP contribution in [0.15, 0.2) is 10.6 Å². The van der Waals surface area contributed by atoms with Gasteiger partial charge in [-0.3, -0.25) is 4.79 Å². The van der Waals surface area contributed by atoms with Crippen LogP contribution in [-0.4, -0.2) is 5.91 Å². The molecule has 0 heterocycles. The molecule has 0 radical (unpaired) electrons. The van der Waals surface area contributed by atoms with E-state index < -0.39 is 5.91 Å². The first kappa shape index (κ1) is 7.79. The summed E-state index contributed by atoms with van der Waals surface area (Å²) in [5.74, 6) is -0.480. The van der Waals surface area contributed by atoms with Gasteiger partial charge in [-0.15, -0.1) is 0 Å². The van der Waals surface area contributed by atoms with Crippen LogP contribution in [0.5, 0.6) is 0 Å². The minimum absolute atomic E-state index is 0.0189. The molecule has 0 aliphatic heterocycles. The molecule has 4 heteroatoms. The molecule has 0 fully saturated rings. The smallest absolute Gasteiger partial charge is 0.222 e. The molecule has 2 nitrogen and oxygen atoms in total. The van der Waals surface area contributed by atoms with Crippen molar-refractivity contribution in [2.75, 3.05) is 0 Å². The van der Waals surface area contributed by atoms with Crippen molar-refractivity contribution >= 4 is 29.1 Å². The fourth-order valence-corrected chi connectivity index (χ4v) is 0.414. The summed E-state index contributed by atoms with van der Waals surface area (Å²) in [5.41, 5.74) is 5.86. The van der Waals surface area contributed by atoms with Gasteiger partial charge in [-0.05, 0) is 0 Å². The molecule has 0 aliphatic rings. The average Bonchev–Trinajstić information content (AvgIpc) is 1.65. The third kappa shape index (κ3) is 3.96. The number of hydrogen-bond donors (Lipinski definition) is 1. The maximum Gasteiger partial charge on any atom is 0.222 e. The van der Waals surface area contributed by atoms with Gasteiger partial charge in [0.05, 0.1) is 6.42 Å². The Morgan fingerprint density at radius 2 is 2.25 bits per heavy atom. The van der Waals surface area contributed by atoms with Gasteiger partial charge in [0.15, 0.2) is 0 Å². The number of hydrogen-bond acceptors (Lipinski definition) is 1. The molecule has 2 N–H and O–H groups in total. The van der Waals surface area contributed by atoms with E-state index in [1.54, 1.807) is 0 Å². The molecule has 0 aliphatic carbocycles. The molecule has 46 valence electrons. The van der Waals surface area contributed by atoms with Crippen LogP contribution in [0.1, 0.15) is 6.42 Å². The molecule has 0 spiro atoms. The highest BCUT2D eigenvalue weighted by Gasteiger charge is 1.95. The lowest BCUT2D eigenvalue weighted by molar-refractivity contribution is -0.117. The highest BCUT2D eigenvalue weighted by atomic mass is 35.5. The zero-order valence-electron chi connectivity index (χ0n) is 4.03. The van der Waals surface area contributed by atoms with Gasteiger partial charge in [0.2, 0.25) is 5.91 Å². The quantitative estimate of drug-likeness (QED) is 0.637. The molecule has 1 amide bonds. The van der Waals surface area contributed by atoms with Gasteiger partial charge in [0.1, 0.15) is 0 Å². The van der Waals surface area contributed by atoms with E-state index in [2.05, 4.69) is 0 Å². The first-order valence-electron chi connectivity index (χ1n) is 1.90. The summed E-state index contributed by atoms with van der Waals surface area (Å²) in [4.78, 5) is 10.0.